The molecular weight excluding hydrogens is 260 g/mol. The Bertz CT molecular complexity index is 482. The van der Waals surface area contributed by atoms with Crippen molar-refractivity contribution in [3.63, 3.8) is 0 Å². The van der Waals surface area contributed by atoms with Crippen molar-refractivity contribution in [2.24, 2.45) is 5.41 Å². The molecule has 1 aliphatic rings. The maximum absolute atomic E-state index is 12.7. The largest absolute Gasteiger partial charge is 0.349 e. The van der Waals surface area contributed by atoms with Crippen molar-refractivity contribution in [3.8, 4) is 0 Å². The second-order valence-electron chi connectivity index (χ2n) is 6.77. The van der Waals surface area contributed by atoms with Crippen LogP contribution in [0.1, 0.15) is 55.5 Å². The van der Waals surface area contributed by atoms with Gasteiger partial charge in [-0.3, -0.25) is 4.79 Å². The average Bonchev–Trinajstić information content (AvgIpc) is 2.47. The Labute approximate surface area is 128 Å². The Morgan fingerprint density at radius 1 is 1.29 bits per heavy atom. The smallest absolute Gasteiger partial charge is 0.251 e. The van der Waals surface area contributed by atoms with Crippen LogP contribution in [-0.4, -0.2) is 25.5 Å². The van der Waals surface area contributed by atoms with Gasteiger partial charge in [0.25, 0.3) is 5.91 Å². The molecule has 1 unspecified atom stereocenters. The van der Waals surface area contributed by atoms with Gasteiger partial charge in [0.2, 0.25) is 0 Å². The summed E-state index contributed by atoms with van der Waals surface area (Å²) < 4.78 is 0. The molecule has 0 heterocycles. The van der Waals surface area contributed by atoms with Crippen molar-refractivity contribution in [1.82, 2.24) is 10.6 Å². The van der Waals surface area contributed by atoms with Crippen molar-refractivity contribution in [2.75, 3.05) is 13.6 Å². The van der Waals surface area contributed by atoms with Crippen molar-refractivity contribution in [3.05, 3.63) is 35.4 Å². The molecule has 0 radical (unpaired) electrons. The van der Waals surface area contributed by atoms with Crippen LogP contribution in [0.3, 0.4) is 0 Å². The summed E-state index contributed by atoms with van der Waals surface area (Å²) in [5, 5.41) is 6.43. The van der Waals surface area contributed by atoms with E-state index in [2.05, 4.69) is 30.5 Å². The summed E-state index contributed by atoms with van der Waals surface area (Å²) in [5.74, 6) is 0.0849. The lowest BCUT2D eigenvalue weighted by Gasteiger charge is -2.39. The van der Waals surface area contributed by atoms with Crippen LogP contribution in [-0.2, 0) is 6.42 Å². The SMILES string of the molecule is CNCCc1ccccc1C(=O)NC1CCCCC1(C)C. The molecular formula is C18H28N2O. The van der Waals surface area contributed by atoms with E-state index in [4.69, 9.17) is 0 Å². The lowest BCUT2D eigenvalue weighted by molar-refractivity contribution is 0.0852. The minimum absolute atomic E-state index is 0.0849. The third kappa shape index (κ3) is 4.07. The molecule has 116 valence electrons. The van der Waals surface area contributed by atoms with E-state index in [1.807, 2.05) is 25.2 Å². The van der Waals surface area contributed by atoms with E-state index < -0.39 is 0 Å². The molecule has 3 nitrogen and oxygen atoms in total. The van der Waals surface area contributed by atoms with Gasteiger partial charge in [0.15, 0.2) is 0 Å². The quantitative estimate of drug-likeness (QED) is 0.874. The van der Waals surface area contributed by atoms with Crippen LogP contribution in [0, 0.1) is 5.41 Å². The van der Waals surface area contributed by atoms with Crippen molar-refractivity contribution in [1.29, 1.82) is 0 Å². The first kappa shape index (κ1) is 16.0. The van der Waals surface area contributed by atoms with E-state index >= 15 is 0 Å². The molecule has 1 amide bonds. The molecule has 0 aliphatic heterocycles. The molecule has 0 bridgehead atoms. The Morgan fingerprint density at radius 3 is 2.76 bits per heavy atom. The topological polar surface area (TPSA) is 41.1 Å². The highest BCUT2D eigenvalue weighted by molar-refractivity contribution is 5.95. The number of carbonyl (C=O) groups excluding carboxylic acids is 1. The Balaban J connectivity index is 2.09. The zero-order chi connectivity index (χ0) is 15.3. The van der Waals surface area contributed by atoms with Crippen LogP contribution in [0.25, 0.3) is 0 Å². The number of benzene rings is 1. The molecule has 0 aromatic heterocycles. The normalized spacial score (nSPS) is 21.0. The van der Waals surface area contributed by atoms with Crippen LogP contribution in [0.5, 0.6) is 0 Å². The predicted molar refractivity (Wildman–Crippen MR) is 87.6 cm³/mol. The van der Waals surface area contributed by atoms with Crippen LogP contribution in [0.15, 0.2) is 24.3 Å². The maximum atomic E-state index is 12.7. The standard InChI is InChI=1S/C18H28N2O/c1-18(2)12-7-6-10-16(18)20-17(21)15-9-5-4-8-14(15)11-13-19-3/h4-5,8-9,16,19H,6-7,10-13H2,1-3H3,(H,20,21). The maximum Gasteiger partial charge on any atom is 0.251 e. The van der Waals surface area contributed by atoms with E-state index in [9.17, 15) is 4.79 Å². The van der Waals surface area contributed by atoms with Gasteiger partial charge in [0.05, 0.1) is 0 Å². The minimum Gasteiger partial charge on any atom is -0.349 e. The number of amides is 1. The molecule has 2 N–H and O–H groups in total. The van der Waals surface area contributed by atoms with Gasteiger partial charge in [-0.1, -0.05) is 44.9 Å². The van der Waals surface area contributed by atoms with Gasteiger partial charge >= 0.3 is 0 Å². The summed E-state index contributed by atoms with van der Waals surface area (Å²) in [6.45, 7) is 5.42. The van der Waals surface area contributed by atoms with E-state index in [1.165, 1.54) is 19.3 Å². The summed E-state index contributed by atoms with van der Waals surface area (Å²) in [5.41, 5.74) is 2.15. The van der Waals surface area contributed by atoms with Crippen LogP contribution in [0.4, 0.5) is 0 Å². The van der Waals surface area contributed by atoms with E-state index in [1.54, 1.807) is 0 Å². The third-order valence-electron chi connectivity index (χ3n) is 4.72. The number of rotatable bonds is 5. The van der Waals surface area contributed by atoms with Gasteiger partial charge in [0.1, 0.15) is 0 Å². The Kier molecular flexibility index (Phi) is 5.40. The van der Waals surface area contributed by atoms with Gasteiger partial charge < -0.3 is 10.6 Å². The van der Waals surface area contributed by atoms with Crippen LogP contribution < -0.4 is 10.6 Å². The van der Waals surface area contributed by atoms with Gasteiger partial charge in [-0.25, -0.2) is 0 Å². The number of hydrogen-bond donors (Lipinski definition) is 2. The first-order chi connectivity index (χ1) is 10.0. The molecule has 3 heteroatoms. The average molecular weight is 288 g/mol. The fourth-order valence-corrected chi connectivity index (χ4v) is 3.22. The molecule has 0 spiro atoms. The first-order valence-electron chi connectivity index (χ1n) is 8.08. The fourth-order valence-electron chi connectivity index (χ4n) is 3.22. The number of likely N-dealkylation sites (N-methyl/N-ethyl adjacent to an activating group) is 1. The summed E-state index contributed by atoms with van der Waals surface area (Å²) in [4.78, 5) is 12.7. The minimum atomic E-state index is 0.0849. The Morgan fingerprint density at radius 2 is 2.05 bits per heavy atom. The van der Waals surface area contributed by atoms with Crippen LogP contribution >= 0.6 is 0 Å². The van der Waals surface area contributed by atoms with Gasteiger partial charge in [0, 0.05) is 11.6 Å². The summed E-state index contributed by atoms with van der Waals surface area (Å²) in [6.07, 6.45) is 5.67. The molecule has 21 heavy (non-hydrogen) atoms. The lowest BCUT2D eigenvalue weighted by Crippen LogP contribution is -2.47. The first-order valence-corrected chi connectivity index (χ1v) is 8.08. The highest BCUT2D eigenvalue weighted by Gasteiger charge is 2.33. The monoisotopic (exact) mass is 288 g/mol. The fraction of sp³-hybridized carbons (Fsp3) is 0.611. The zero-order valence-electron chi connectivity index (χ0n) is 13.5. The summed E-state index contributed by atoms with van der Waals surface area (Å²) in [6, 6.07) is 8.24. The Hall–Kier alpha value is -1.35. The molecule has 2 rings (SSSR count). The second-order valence-corrected chi connectivity index (χ2v) is 6.77. The molecule has 1 fully saturated rings. The third-order valence-corrected chi connectivity index (χ3v) is 4.72. The molecule has 1 aromatic carbocycles. The number of carbonyl (C=O) groups is 1. The van der Waals surface area contributed by atoms with E-state index in [0.29, 0.717) is 0 Å². The van der Waals surface area contributed by atoms with Crippen molar-refractivity contribution in [2.45, 2.75) is 52.0 Å². The van der Waals surface area contributed by atoms with Crippen LogP contribution in [0.2, 0.25) is 0 Å². The molecule has 0 saturated heterocycles. The van der Waals surface area contributed by atoms with Gasteiger partial charge in [-0.2, -0.15) is 0 Å². The highest BCUT2D eigenvalue weighted by Crippen LogP contribution is 2.35. The van der Waals surface area contributed by atoms with Crippen molar-refractivity contribution >= 4 is 5.91 Å². The molecule has 1 aliphatic carbocycles. The molecule has 1 atom stereocenters. The number of nitrogens with one attached hydrogen (secondary N) is 2. The zero-order valence-corrected chi connectivity index (χ0v) is 13.5. The predicted octanol–water partition coefficient (Wildman–Crippen LogP) is 3.15. The highest BCUT2D eigenvalue weighted by atomic mass is 16.1. The molecule has 1 saturated carbocycles. The molecule has 1 aromatic rings. The second kappa shape index (κ2) is 7.08. The van der Waals surface area contributed by atoms with E-state index in [0.717, 1.165) is 30.5 Å². The van der Waals surface area contributed by atoms with Gasteiger partial charge in [-0.15, -0.1) is 0 Å². The lowest BCUT2D eigenvalue weighted by atomic mass is 9.73. The van der Waals surface area contributed by atoms with E-state index in [-0.39, 0.29) is 17.4 Å². The number of hydrogen-bond acceptors (Lipinski definition) is 2. The summed E-state index contributed by atoms with van der Waals surface area (Å²) in [7, 11) is 1.94. The summed E-state index contributed by atoms with van der Waals surface area (Å²) >= 11 is 0. The van der Waals surface area contributed by atoms with Crippen molar-refractivity contribution < 1.29 is 4.79 Å². The van der Waals surface area contributed by atoms with Gasteiger partial charge in [-0.05, 0) is 49.9 Å².